The summed E-state index contributed by atoms with van der Waals surface area (Å²) in [5.74, 6) is 1.50. The normalized spacial score (nSPS) is 39.4. The Morgan fingerprint density at radius 2 is 2.36 bits per heavy atom. The molecule has 1 saturated carbocycles. The van der Waals surface area contributed by atoms with E-state index in [-0.39, 0.29) is 6.61 Å². The summed E-state index contributed by atoms with van der Waals surface area (Å²) in [5, 5.41) is 9.00. The summed E-state index contributed by atoms with van der Waals surface area (Å²) in [5.41, 5.74) is 1.75. The lowest BCUT2D eigenvalue weighted by Crippen LogP contribution is -2.31. The Labute approximate surface area is 68.1 Å². The van der Waals surface area contributed by atoms with E-state index in [4.69, 9.17) is 5.11 Å². The Bertz CT molecular complexity index is 203. The second-order valence-corrected chi connectivity index (χ2v) is 4.57. The van der Waals surface area contributed by atoms with Gasteiger partial charge in [0.15, 0.2) is 0 Å². The van der Waals surface area contributed by atoms with E-state index in [1.165, 1.54) is 18.4 Å². The van der Waals surface area contributed by atoms with Crippen LogP contribution in [0, 0.1) is 17.3 Å². The van der Waals surface area contributed by atoms with Gasteiger partial charge in [-0.15, -0.1) is 0 Å². The smallest absolute Gasteiger partial charge is 0.0644 e. The maximum Gasteiger partial charge on any atom is 0.0644 e. The second kappa shape index (κ2) is 2.10. The summed E-state index contributed by atoms with van der Waals surface area (Å²) in [4.78, 5) is 0. The molecule has 1 nitrogen and oxygen atoms in total. The van der Waals surface area contributed by atoms with Gasteiger partial charge in [0, 0.05) is 0 Å². The van der Waals surface area contributed by atoms with Crippen molar-refractivity contribution in [3.63, 3.8) is 0 Å². The zero-order chi connectivity index (χ0) is 8.06. The average molecular weight is 152 g/mol. The van der Waals surface area contributed by atoms with Crippen LogP contribution in [-0.2, 0) is 0 Å². The summed E-state index contributed by atoms with van der Waals surface area (Å²) in [6, 6.07) is 0. The Kier molecular flexibility index (Phi) is 1.40. The lowest BCUT2D eigenvalue weighted by atomic mass is 9.67. The van der Waals surface area contributed by atoms with Gasteiger partial charge in [-0.2, -0.15) is 0 Å². The first-order valence-electron chi connectivity index (χ1n) is 4.46. The molecule has 0 aliphatic heterocycles. The minimum Gasteiger partial charge on any atom is -0.392 e. The van der Waals surface area contributed by atoms with E-state index in [1.807, 2.05) is 0 Å². The van der Waals surface area contributed by atoms with Crippen molar-refractivity contribution in [2.24, 2.45) is 17.3 Å². The van der Waals surface area contributed by atoms with Gasteiger partial charge in [0.2, 0.25) is 0 Å². The fourth-order valence-corrected chi connectivity index (χ4v) is 2.81. The maximum atomic E-state index is 9.00. The summed E-state index contributed by atoms with van der Waals surface area (Å²) >= 11 is 0. The van der Waals surface area contributed by atoms with Gasteiger partial charge < -0.3 is 5.11 Å². The van der Waals surface area contributed by atoms with E-state index in [0.717, 1.165) is 5.92 Å². The molecule has 0 aromatic rings. The van der Waals surface area contributed by atoms with Crippen molar-refractivity contribution in [3.05, 3.63) is 11.6 Å². The van der Waals surface area contributed by atoms with Crippen molar-refractivity contribution in [2.45, 2.75) is 26.7 Å². The van der Waals surface area contributed by atoms with Gasteiger partial charge in [-0.05, 0) is 35.7 Å². The minimum absolute atomic E-state index is 0.282. The van der Waals surface area contributed by atoms with Crippen molar-refractivity contribution in [3.8, 4) is 0 Å². The van der Waals surface area contributed by atoms with Gasteiger partial charge in [0.25, 0.3) is 0 Å². The van der Waals surface area contributed by atoms with Crippen LogP contribution in [-0.4, -0.2) is 11.7 Å². The summed E-state index contributed by atoms with van der Waals surface area (Å²) in [6.07, 6.45) is 4.92. The molecule has 0 radical (unpaired) electrons. The van der Waals surface area contributed by atoms with Gasteiger partial charge in [-0.25, -0.2) is 0 Å². The predicted molar refractivity (Wildman–Crippen MR) is 45.2 cm³/mol. The number of aliphatic hydroxyl groups is 1. The quantitative estimate of drug-likeness (QED) is 0.569. The van der Waals surface area contributed by atoms with E-state index in [1.54, 1.807) is 0 Å². The third-order valence-corrected chi connectivity index (χ3v) is 3.40. The Balaban J connectivity index is 2.20. The number of hydrogen-bond acceptors (Lipinski definition) is 1. The molecule has 0 saturated heterocycles. The maximum absolute atomic E-state index is 9.00. The van der Waals surface area contributed by atoms with Gasteiger partial charge in [0.05, 0.1) is 6.61 Å². The van der Waals surface area contributed by atoms with Crippen LogP contribution in [0.2, 0.25) is 0 Å². The van der Waals surface area contributed by atoms with Gasteiger partial charge in [-0.3, -0.25) is 0 Å². The van der Waals surface area contributed by atoms with Crippen LogP contribution in [0.1, 0.15) is 26.7 Å². The Hall–Kier alpha value is -0.300. The molecule has 0 heterocycles. The van der Waals surface area contributed by atoms with Gasteiger partial charge in [0.1, 0.15) is 0 Å². The van der Waals surface area contributed by atoms with Crippen molar-refractivity contribution >= 4 is 0 Å². The average Bonchev–Trinajstić information content (AvgIpc) is 2.03. The highest BCUT2D eigenvalue weighted by Gasteiger charge is 2.47. The number of hydrogen-bond donors (Lipinski definition) is 1. The van der Waals surface area contributed by atoms with Crippen LogP contribution >= 0.6 is 0 Å². The Morgan fingerprint density at radius 1 is 1.64 bits per heavy atom. The fourth-order valence-electron chi connectivity index (χ4n) is 2.81. The van der Waals surface area contributed by atoms with Crippen molar-refractivity contribution in [1.82, 2.24) is 0 Å². The van der Waals surface area contributed by atoms with Crippen molar-refractivity contribution < 1.29 is 5.11 Å². The predicted octanol–water partition coefficient (Wildman–Crippen LogP) is 1.97. The lowest BCUT2D eigenvalue weighted by Gasteiger charge is -2.38. The van der Waals surface area contributed by atoms with E-state index < -0.39 is 0 Å². The molecule has 2 rings (SSSR count). The summed E-state index contributed by atoms with van der Waals surface area (Å²) in [7, 11) is 0. The van der Waals surface area contributed by atoms with Crippen LogP contribution in [0.25, 0.3) is 0 Å². The molecule has 1 heteroatoms. The van der Waals surface area contributed by atoms with Crippen LogP contribution in [0.3, 0.4) is 0 Å². The second-order valence-electron chi connectivity index (χ2n) is 4.57. The van der Waals surface area contributed by atoms with E-state index in [0.29, 0.717) is 11.3 Å². The number of fused-ring (bicyclic) bond motifs is 1. The first-order valence-corrected chi connectivity index (χ1v) is 4.46. The van der Waals surface area contributed by atoms with Gasteiger partial charge >= 0.3 is 0 Å². The number of rotatable bonds is 1. The van der Waals surface area contributed by atoms with E-state index in [2.05, 4.69) is 19.9 Å². The summed E-state index contributed by atoms with van der Waals surface area (Å²) < 4.78 is 0. The van der Waals surface area contributed by atoms with Crippen molar-refractivity contribution in [2.75, 3.05) is 6.61 Å². The molecular formula is C10H16O. The molecule has 0 spiro atoms. The number of aliphatic hydroxyl groups excluding tert-OH is 1. The first-order chi connectivity index (χ1) is 5.15. The molecule has 1 N–H and O–H groups in total. The van der Waals surface area contributed by atoms with E-state index in [9.17, 15) is 0 Å². The lowest BCUT2D eigenvalue weighted by molar-refractivity contribution is 0.209. The van der Waals surface area contributed by atoms with Crippen LogP contribution < -0.4 is 0 Å². The fraction of sp³-hybridized carbons (Fsp3) is 0.800. The zero-order valence-corrected chi connectivity index (χ0v) is 7.30. The molecule has 1 fully saturated rings. The molecule has 62 valence electrons. The molecular weight excluding hydrogens is 136 g/mol. The van der Waals surface area contributed by atoms with Crippen LogP contribution in [0.15, 0.2) is 11.6 Å². The Morgan fingerprint density at radius 3 is 2.91 bits per heavy atom. The minimum atomic E-state index is 0.282. The third-order valence-electron chi connectivity index (χ3n) is 3.40. The first kappa shape index (κ1) is 7.35. The molecule has 1 unspecified atom stereocenters. The molecule has 2 aliphatic carbocycles. The molecule has 2 atom stereocenters. The molecule has 0 bridgehead atoms. The molecule has 11 heavy (non-hydrogen) atoms. The van der Waals surface area contributed by atoms with Crippen LogP contribution in [0.5, 0.6) is 0 Å². The molecule has 0 amide bonds. The third kappa shape index (κ3) is 0.871. The van der Waals surface area contributed by atoms with Gasteiger partial charge in [-0.1, -0.05) is 19.9 Å². The SMILES string of the molecule is CC1(C)CCC2C=C(CO)[C@@H]21. The zero-order valence-electron chi connectivity index (χ0n) is 7.30. The van der Waals surface area contributed by atoms with E-state index >= 15 is 0 Å². The highest BCUT2D eigenvalue weighted by atomic mass is 16.3. The highest BCUT2D eigenvalue weighted by molar-refractivity contribution is 5.28. The standard InChI is InChI=1S/C10H16O/c1-10(2)4-3-7-5-8(6-11)9(7)10/h5,7,9,11H,3-4,6H2,1-2H3/t7?,9-/m1/s1. The molecule has 0 aromatic heterocycles. The monoisotopic (exact) mass is 152 g/mol. The summed E-state index contributed by atoms with van der Waals surface area (Å²) in [6.45, 7) is 4.92. The highest BCUT2D eigenvalue weighted by Crippen LogP contribution is 2.56. The van der Waals surface area contributed by atoms with Crippen molar-refractivity contribution in [1.29, 1.82) is 0 Å². The molecule has 0 aromatic carbocycles. The largest absolute Gasteiger partial charge is 0.392 e. The van der Waals surface area contributed by atoms with Crippen LogP contribution in [0.4, 0.5) is 0 Å². The number of allylic oxidation sites excluding steroid dienone is 1. The molecule has 2 aliphatic rings. The topological polar surface area (TPSA) is 20.2 Å².